The van der Waals surface area contributed by atoms with Gasteiger partial charge in [0.15, 0.2) is 5.78 Å². The lowest BCUT2D eigenvalue weighted by atomic mass is 10.1. The average Bonchev–Trinajstić information content (AvgIpc) is 2.19. The van der Waals surface area contributed by atoms with E-state index in [2.05, 4.69) is 12.2 Å². The standard InChI is InChI=1S/C11H23NO4S/c1-2-3-4-5-6-7-8-12-9-11(13)10-17(14,15)16/h12H,2-10H2,1H3,(H,14,15,16). The fourth-order valence-electron chi connectivity index (χ4n) is 1.51. The lowest BCUT2D eigenvalue weighted by Crippen LogP contribution is -2.28. The Balaban J connectivity index is 3.31. The minimum Gasteiger partial charge on any atom is -0.310 e. The molecule has 0 fully saturated rings. The van der Waals surface area contributed by atoms with E-state index in [9.17, 15) is 13.2 Å². The summed E-state index contributed by atoms with van der Waals surface area (Å²) in [6.07, 6.45) is 7.05. The topological polar surface area (TPSA) is 83.5 Å². The molecule has 0 saturated carbocycles. The molecule has 6 heteroatoms. The van der Waals surface area contributed by atoms with Crippen LogP contribution in [0.3, 0.4) is 0 Å². The summed E-state index contributed by atoms with van der Waals surface area (Å²) >= 11 is 0. The molecule has 0 radical (unpaired) electrons. The second kappa shape index (κ2) is 9.56. The number of hydrogen-bond donors (Lipinski definition) is 2. The Morgan fingerprint density at radius 1 is 1.12 bits per heavy atom. The van der Waals surface area contributed by atoms with E-state index in [4.69, 9.17) is 4.55 Å². The van der Waals surface area contributed by atoms with Gasteiger partial charge < -0.3 is 5.32 Å². The van der Waals surface area contributed by atoms with Crippen LogP contribution >= 0.6 is 0 Å². The van der Waals surface area contributed by atoms with Crippen molar-refractivity contribution in [1.82, 2.24) is 5.32 Å². The molecule has 0 aliphatic carbocycles. The van der Waals surface area contributed by atoms with Gasteiger partial charge in [-0.1, -0.05) is 39.0 Å². The van der Waals surface area contributed by atoms with E-state index in [1.165, 1.54) is 25.7 Å². The van der Waals surface area contributed by atoms with Crippen LogP contribution in [0.15, 0.2) is 0 Å². The van der Waals surface area contributed by atoms with Crippen LogP contribution in [0.2, 0.25) is 0 Å². The first-order valence-corrected chi connectivity index (χ1v) is 7.74. The molecule has 0 rings (SSSR count). The van der Waals surface area contributed by atoms with E-state index in [1.54, 1.807) is 0 Å². The fraction of sp³-hybridized carbons (Fsp3) is 0.909. The van der Waals surface area contributed by atoms with E-state index >= 15 is 0 Å². The van der Waals surface area contributed by atoms with Crippen molar-refractivity contribution < 1.29 is 17.8 Å². The maximum absolute atomic E-state index is 11.0. The quantitative estimate of drug-likeness (QED) is 0.436. The van der Waals surface area contributed by atoms with Gasteiger partial charge in [-0.25, -0.2) is 0 Å². The molecule has 5 nitrogen and oxygen atoms in total. The highest BCUT2D eigenvalue weighted by atomic mass is 32.2. The van der Waals surface area contributed by atoms with Crippen molar-refractivity contribution in [3.8, 4) is 0 Å². The van der Waals surface area contributed by atoms with Crippen LogP contribution in [-0.2, 0) is 14.9 Å². The van der Waals surface area contributed by atoms with Crippen LogP contribution in [0.4, 0.5) is 0 Å². The largest absolute Gasteiger partial charge is 0.310 e. The van der Waals surface area contributed by atoms with Gasteiger partial charge in [-0.15, -0.1) is 0 Å². The lowest BCUT2D eigenvalue weighted by molar-refractivity contribution is -0.115. The highest BCUT2D eigenvalue weighted by molar-refractivity contribution is 7.86. The number of unbranched alkanes of at least 4 members (excludes halogenated alkanes) is 5. The Morgan fingerprint density at radius 3 is 2.29 bits per heavy atom. The predicted molar refractivity (Wildman–Crippen MR) is 67.7 cm³/mol. The molecule has 0 spiro atoms. The number of carbonyl (C=O) groups is 1. The first-order valence-electron chi connectivity index (χ1n) is 6.13. The molecule has 0 aromatic rings. The minimum absolute atomic E-state index is 0.00868. The van der Waals surface area contributed by atoms with E-state index < -0.39 is 21.7 Å². The molecular weight excluding hydrogens is 242 g/mol. The zero-order valence-corrected chi connectivity index (χ0v) is 11.3. The van der Waals surface area contributed by atoms with Gasteiger partial charge >= 0.3 is 0 Å². The molecule has 0 aromatic carbocycles. The smallest absolute Gasteiger partial charge is 0.272 e. The summed E-state index contributed by atoms with van der Waals surface area (Å²) in [7, 11) is -4.17. The van der Waals surface area contributed by atoms with Gasteiger partial charge in [0.2, 0.25) is 0 Å². The fourth-order valence-corrected chi connectivity index (χ4v) is 2.02. The maximum atomic E-state index is 11.0. The third kappa shape index (κ3) is 13.5. The summed E-state index contributed by atoms with van der Waals surface area (Å²) in [5.74, 6) is -1.30. The summed E-state index contributed by atoms with van der Waals surface area (Å²) in [6, 6.07) is 0. The van der Waals surface area contributed by atoms with Crippen molar-refractivity contribution in [3.05, 3.63) is 0 Å². The average molecular weight is 265 g/mol. The monoisotopic (exact) mass is 265 g/mol. The number of nitrogens with one attached hydrogen (secondary N) is 1. The molecule has 0 saturated heterocycles. The van der Waals surface area contributed by atoms with E-state index in [0.717, 1.165) is 12.8 Å². The zero-order valence-electron chi connectivity index (χ0n) is 10.4. The third-order valence-electron chi connectivity index (χ3n) is 2.37. The van der Waals surface area contributed by atoms with Gasteiger partial charge in [-0.2, -0.15) is 8.42 Å². The van der Waals surface area contributed by atoms with Crippen molar-refractivity contribution in [2.45, 2.75) is 45.4 Å². The van der Waals surface area contributed by atoms with Crippen LogP contribution in [0.1, 0.15) is 45.4 Å². The molecule has 0 aliphatic rings. The van der Waals surface area contributed by atoms with Gasteiger partial charge in [0, 0.05) is 0 Å². The highest BCUT2D eigenvalue weighted by Crippen LogP contribution is 2.03. The number of rotatable bonds is 11. The lowest BCUT2D eigenvalue weighted by Gasteiger charge is -2.03. The first-order chi connectivity index (χ1) is 7.95. The molecule has 0 aliphatic heterocycles. The number of Topliss-reactive ketones (excluding diaryl/α,β-unsaturated/α-hetero) is 1. The Bertz CT molecular complexity index is 301. The van der Waals surface area contributed by atoms with Crippen molar-refractivity contribution in [3.63, 3.8) is 0 Å². The summed E-state index contributed by atoms with van der Waals surface area (Å²) in [4.78, 5) is 11.0. The summed E-state index contributed by atoms with van der Waals surface area (Å²) in [5.41, 5.74) is 0. The molecule has 0 heterocycles. The van der Waals surface area contributed by atoms with Crippen molar-refractivity contribution in [1.29, 1.82) is 0 Å². The third-order valence-corrected chi connectivity index (χ3v) is 3.06. The Hall–Kier alpha value is -0.460. The molecule has 0 unspecified atom stereocenters. The summed E-state index contributed by atoms with van der Waals surface area (Å²) in [5, 5.41) is 2.87. The second-order valence-electron chi connectivity index (χ2n) is 4.21. The van der Waals surface area contributed by atoms with Crippen LogP contribution in [-0.4, -0.2) is 37.6 Å². The first kappa shape index (κ1) is 16.5. The van der Waals surface area contributed by atoms with E-state index in [0.29, 0.717) is 6.54 Å². The molecule has 2 N–H and O–H groups in total. The molecule has 0 amide bonds. The number of hydrogen-bond acceptors (Lipinski definition) is 4. The van der Waals surface area contributed by atoms with Gasteiger partial charge in [-0.3, -0.25) is 9.35 Å². The van der Waals surface area contributed by atoms with Crippen LogP contribution in [0.5, 0.6) is 0 Å². The normalized spacial score (nSPS) is 11.6. The van der Waals surface area contributed by atoms with Gasteiger partial charge in [-0.05, 0) is 13.0 Å². The molecule has 0 atom stereocenters. The maximum Gasteiger partial charge on any atom is 0.272 e. The number of ketones is 1. The highest BCUT2D eigenvalue weighted by Gasteiger charge is 2.11. The molecule has 17 heavy (non-hydrogen) atoms. The van der Waals surface area contributed by atoms with Crippen LogP contribution in [0, 0.1) is 0 Å². The van der Waals surface area contributed by atoms with Gasteiger partial charge in [0.05, 0.1) is 6.54 Å². The zero-order chi connectivity index (χ0) is 13.1. The summed E-state index contributed by atoms with van der Waals surface area (Å²) in [6.45, 7) is 2.89. The van der Waals surface area contributed by atoms with Crippen molar-refractivity contribution in [2.24, 2.45) is 0 Å². The molecule has 0 aromatic heterocycles. The number of carbonyl (C=O) groups excluding carboxylic acids is 1. The van der Waals surface area contributed by atoms with E-state index in [1.807, 2.05) is 0 Å². The Morgan fingerprint density at radius 2 is 1.71 bits per heavy atom. The summed E-state index contributed by atoms with van der Waals surface area (Å²) < 4.78 is 29.2. The van der Waals surface area contributed by atoms with Gasteiger partial charge in [0.25, 0.3) is 10.1 Å². The van der Waals surface area contributed by atoms with Gasteiger partial charge in [0.1, 0.15) is 5.75 Å². The van der Waals surface area contributed by atoms with Crippen molar-refractivity contribution >= 4 is 15.9 Å². The Kier molecular flexibility index (Phi) is 9.30. The van der Waals surface area contributed by atoms with Crippen molar-refractivity contribution in [2.75, 3.05) is 18.8 Å². The van der Waals surface area contributed by atoms with Crippen LogP contribution in [0.25, 0.3) is 0 Å². The predicted octanol–water partition coefficient (Wildman–Crippen LogP) is 1.39. The SMILES string of the molecule is CCCCCCCCNCC(=O)CS(=O)(=O)O. The Labute approximate surface area is 104 Å². The second-order valence-corrected chi connectivity index (χ2v) is 5.66. The molecule has 0 bridgehead atoms. The van der Waals surface area contributed by atoms with Crippen LogP contribution < -0.4 is 5.32 Å². The van der Waals surface area contributed by atoms with E-state index in [-0.39, 0.29) is 6.54 Å². The molecule has 102 valence electrons. The molecular formula is C11H23NO4S. The minimum atomic E-state index is -4.17.